The molecule has 2 aromatic rings. The Morgan fingerprint density at radius 1 is 1.06 bits per heavy atom. The van der Waals surface area contributed by atoms with Gasteiger partial charge in [-0.2, -0.15) is 0 Å². The largest absolute Gasteiger partial charge is 0.398 e. The van der Waals surface area contributed by atoms with Gasteiger partial charge < -0.3 is 5.73 Å². The molecule has 0 aliphatic carbocycles. The summed E-state index contributed by atoms with van der Waals surface area (Å²) in [5, 5.41) is 0. The number of hydrogen-bond acceptors (Lipinski definition) is 2. The molecule has 2 rings (SSSR count). The second-order valence-electron chi connectivity index (χ2n) is 3.96. The van der Waals surface area contributed by atoms with Crippen LogP contribution in [0.3, 0.4) is 0 Å². The summed E-state index contributed by atoms with van der Waals surface area (Å²) in [5.74, 6) is 0.0815. The Balaban J connectivity index is 2.16. The van der Waals surface area contributed by atoms with Crippen LogP contribution in [0, 0.1) is 0 Å². The zero-order chi connectivity index (χ0) is 13.1. The molecule has 0 radical (unpaired) electrons. The Morgan fingerprint density at radius 3 is 2.33 bits per heavy atom. The van der Waals surface area contributed by atoms with Crippen LogP contribution in [0.4, 0.5) is 5.69 Å². The van der Waals surface area contributed by atoms with Crippen LogP contribution < -0.4 is 5.73 Å². The summed E-state index contributed by atoms with van der Waals surface area (Å²) in [6, 6.07) is 13.0. The summed E-state index contributed by atoms with van der Waals surface area (Å²) < 4.78 is 1.76. The van der Waals surface area contributed by atoms with Crippen molar-refractivity contribution in [2.24, 2.45) is 0 Å². The van der Waals surface area contributed by atoms with Crippen LogP contribution in [0.1, 0.15) is 15.9 Å². The first-order valence-electron chi connectivity index (χ1n) is 5.39. The van der Waals surface area contributed by atoms with Gasteiger partial charge in [-0.25, -0.2) is 0 Å². The molecule has 0 aliphatic heterocycles. The summed E-state index contributed by atoms with van der Waals surface area (Å²) in [4.78, 5) is 12.1. The van der Waals surface area contributed by atoms with E-state index in [4.69, 9.17) is 5.73 Å². The molecular formula is C14H11Br2NO. The van der Waals surface area contributed by atoms with Crippen LogP contribution in [0.15, 0.2) is 51.4 Å². The average molecular weight is 369 g/mol. The lowest BCUT2D eigenvalue weighted by molar-refractivity contribution is 0.0993. The number of Topliss-reactive ketones (excluding diaryl/α,β-unsaturated/α-hetero) is 1. The van der Waals surface area contributed by atoms with Gasteiger partial charge in [-0.3, -0.25) is 4.79 Å². The van der Waals surface area contributed by atoms with Gasteiger partial charge in [-0.1, -0.05) is 28.1 Å². The van der Waals surface area contributed by atoms with Crippen molar-refractivity contribution in [1.82, 2.24) is 0 Å². The number of halogens is 2. The van der Waals surface area contributed by atoms with E-state index in [1.807, 2.05) is 24.3 Å². The molecule has 18 heavy (non-hydrogen) atoms. The summed E-state index contributed by atoms with van der Waals surface area (Å²) in [6.45, 7) is 0. The molecule has 0 bridgehead atoms. The monoisotopic (exact) mass is 367 g/mol. The molecule has 0 aliphatic rings. The van der Waals surface area contributed by atoms with Crippen LogP contribution >= 0.6 is 31.9 Å². The minimum Gasteiger partial charge on any atom is -0.398 e. The fourth-order valence-electron chi connectivity index (χ4n) is 1.59. The normalized spacial score (nSPS) is 10.3. The third-order valence-corrected chi connectivity index (χ3v) is 3.82. The first-order valence-corrected chi connectivity index (χ1v) is 6.97. The highest BCUT2D eigenvalue weighted by Gasteiger charge is 2.08. The van der Waals surface area contributed by atoms with E-state index in [1.165, 1.54) is 0 Å². The number of ketones is 1. The lowest BCUT2D eigenvalue weighted by atomic mass is 10.0. The van der Waals surface area contributed by atoms with E-state index in [1.54, 1.807) is 18.2 Å². The quantitative estimate of drug-likeness (QED) is 0.651. The zero-order valence-corrected chi connectivity index (χ0v) is 12.7. The Bertz CT molecular complexity index is 579. The van der Waals surface area contributed by atoms with Gasteiger partial charge in [0, 0.05) is 26.6 Å². The van der Waals surface area contributed by atoms with Crippen molar-refractivity contribution >= 4 is 43.3 Å². The number of carbonyl (C=O) groups excluding carboxylic acids is 1. The molecule has 0 aromatic heterocycles. The SMILES string of the molecule is Nc1ccc(C(=O)Cc2ccc(Br)cc2)cc1Br. The molecular weight excluding hydrogens is 358 g/mol. The molecule has 2 nitrogen and oxygen atoms in total. The minimum atomic E-state index is 0.0815. The molecule has 0 saturated carbocycles. The van der Waals surface area contributed by atoms with Crippen LogP contribution in [-0.2, 0) is 6.42 Å². The zero-order valence-electron chi connectivity index (χ0n) is 9.49. The van der Waals surface area contributed by atoms with E-state index < -0.39 is 0 Å². The lowest BCUT2D eigenvalue weighted by Crippen LogP contribution is -2.04. The summed E-state index contributed by atoms with van der Waals surface area (Å²) in [5.41, 5.74) is 7.99. The van der Waals surface area contributed by atoms with Gasteiger partial charge in [0.1, 0.15) is 0 Å². The van der Waals surface area contributed by atoms with Gasteiger partial charge in [0.2, 0.25) is 0 Å². The smallest absolute Gasteiger partial charge is 0.167 e. The number of anilines is 1. The Morgan fingerprint density at radius 2 is 1.72 bits per heavy atom. The molecule has 0 amide bonds. The predicted octanol–water partition coefficient (Wildman–Crippen LogP) is 4.22. The van der Waals surface area contributed by atoms with E-state index in [2.05, 4.69) is 31.9 Å². The average Bonchev–Trinajstić information content (AvgIpc) is 2.35. The van der Waals surface area contributed by atoms with Crippen molar-refractivity contribution in [3.63, 3.8) is 0 Å². The van der Waals surface area contributed by atoms with E-state index in [0.717, 1.165) is 14.5 Å². The van der Waals surface area contributed by atoms with Crippen molar-refractivity contribution in [2.75, 3.05) is 5.73 Å². The second kappa shape index (κ2) is 5.67. The van der Waals surface area contributed by atoms with Gasteiger partial charge >= 0.3 is 0 Å². The summed E-state index contributed by atoms with van der Waals surface area (Å²) in [7, 11) is 0. The molecule has 92 valence electrons. The van der Waals surface area contributed by atoms with Crippen molar-refractivity contribution in [3.8, 4) is 0 Å². The fraction of sp³-hybridized carbons (Fsp3) is 0.0714. The topological polar surface area (TPSA) is 43.1 Å². The van der Waals surface area contributed by atoms with Crippen LogP contribution in [-0.4, -0.2) is 5.78 Å². The Hall–Kier alpha value is -1.13. The number of nitrogen functional groups attached to an aromatic ring is 1. The number of benzene rings is 2. The first kappa shape index (κ1) is 13.3. The molecule has 4 heteroatoms. The molecule has 0 heterocycles. The molecule has 2 aromatic carbocycles. The second-order valence-corrected chi connectivity index (χ2v) is 5.73. The maximum atomic E-state index is 12.1. The molecule has 0 unspecified atom stereocenters. The molecule has 2 N–H and O–H groups in total. The Kier molecular flexibility index (Phi) is 4.19. The van der Waals surface area contributed by atoms with E-state index in [9.17, 15) is 4.79 Å². The summed E-state index contributed by atoms with van der Waals surface area (Å²) >= 11 is 6.69. The van der Waals surface area contributed by atoms with E-state index in [-0.39, 0.29) is 5.78 Å². The van der Waals surface area contributed by atoms with Gasteiger partial charge in [-0.05, 0) is 51.8 Å². The number of carbonyl (C=O) groups is 1. The number of hydrogen-bond donors (Lipinski definition) is 1. The maximum Gasteiger partial charge on any atom is 0.167 e. The molecule has 0 atom stereocenters. The molecule has 0 saturated heterocycles. The predicted molar refractivity (Wildman–Crippen MR) is 80.7 cm³/mol. The third kappa shape index (κ3) is 3.21. The van der Waals surface area contributed by atoms with Gasteiger partial charge in [0.15, 0.2) is 5.78 Å². The van der Waals surface area contributed by atoms with Crippen molar-refractivity contribution in [2.45, 2.75) is 6.42 Å². The highest BCUT2D eigenvalue weighted by atomic mass is 79.9. The van der Waals surface area contributed by atoms with E-state index >= 15 is 0 Å². The maximum absolute atomic E-state index is 12.1. The Labute approximate surface area is 122 Å². The van der Waals surface area contributed by atoms with Gasteiger partial charge in [-0.15, -0.1) is 0 Å². The van der Waals surface area contributed by atoms with Crippen LogP contribution in [0.2, 0.25) is 0 Å². The number of rotatable bonds is 3. The molecule has 0 spiro atoms. The van der Waals surface area contributed by atoms with Crippen LogP contribution in [0.5, 0.6) is 0 Å². The lowest BCUT2D eigenvalue weighted by Gasteiger charge is -2.04. The van der Waals surface area contributed by atoms with E-state index in [0.29, 0.717) is 17.7 Å². The van der Waals surface area contributed by atoms with Crippen molar-refractivity contribution < 1.29 is 4.79 Å². The van der Waals surface area contributed by atoms with Gasteiger partial charge in [0.05, 0.1) is 0 Å². The van der Waals surface area contributed by atoms with Crippen LogP contribution in [0.25, 0.3) is 0 Å². The van der Waals surface area contributed by atoms with Crippen molar-refractivity contribution in [3.05, 3.63) is 62.5 Å². The highest BCUT2D eigenvalue weighted by molar-refractivity contribution is 9.10. The fourth-order valence-corrected chi connectivity index (χ4v) is 2.23. The summed E-state index contributed by atoms with van der Waals surface area (Å²) in [6.07, 6.45) is 0.392. The molecule has 0 fully saturated rings. The highest BCUT2D eigenvalue weighted by Crippen LogP contribution is 2.21. The standard InChI is InChI=1S/C14H11Br2NO/c15-11-4-1-9(2-5-11)7-14(18)10-3-6-13(17)12(16)8-10/h1-6,8H,7,17H2. The first-order chi connectivity index (χ1) is 8.56. The van der Waals surface area contributed by atoms with Gasteiger partial charge in [0.25, 0.3) is 0 Å². The minimum absolute atomic E-state index is 0.0815. The van der Waals surface area contributed by atoms with Crippen molar-refractivity contribution in [1.29, 1.82) is 0 Å². The third-order valence-electron chi connectivity index (χ3n) is 2.60. The number of nitrogens with two attached hydrogens (primary N) is 1.